The fourth-order valence-electron chi connectivity index (χ4n) is 2.91. The second-order valence-electron chi connectivity index (χ2n) is 6.32. The Balaban J connectivity index is 1.59. The molecule has 0 aliphatic carbocycles. The minimum absolute atomic E-state index is 0.0654. The molecule has 0 radical (unpaired) electrons. The molecule has 8 nitrogen and oxygen atoms in total. The zero-order valence-electron chi connectivity index (χ0n) is 16.3. The van der Waals surface area contributed by atoms with Crippen LogP contribution in [0, 0.1) is 0 Å². The maximum Gasteiger partial charge on any atom is 0.263 e. The molecule has 1 heterocycles. The van der Waals surface area contributed by atoms with Crippen LogP contribution >= 0.6 is 0 Å². The van der Waals surface area contributed by atoms with Crippen molar-refractivity contribution in [2.75, 3.05) is 36.9 Å². The first-order valence-corrected chi connectivity index (χ1v) is 10.9. The van der Waals surface area contributed by atoms with E-state index in [9.17, 15) is 13.2 Å². The third-order valence-electron chi connectivity index (χ3n) is 4.44. The standard InChI is InChI=1S/C20H24N2O6S/c1-3-29(24,25)22-14-19(28-18-10-5-4-9-17(18)22)20(23)21-11-12-27-16-8-6-7-15(13-16)26-2/h4-10,13,19H,3,11-12,14H2,1-2H3,(H,21,23)/t19-/m0/s1. The molecular weight excluding hydrogens is 396 g/mol. The number of hydrogen-bond donors (Lipinski definition) is 1. The van der Waals surface area contributed by atoms with Gasteiger partial charge in [0.1, 0.15) is 23.9 Å². The van der Waals surface area contributed by atoms with Gasteiger partial charge in [0.05, 0.1) is 31.6 Å². The van der Waals surface area contributed by atoms with Crippen molar-refractivity contribution in [3.05, 3.63) is 48.5 Å². The largest absolute Gasteiger partial charge is 0.497 e. The van der Waals surface area contributed by atoms with E-state index in [-0.39, 0.29) is 25.4 Å². The lowest BCUT2D eigenvalue weighted by Crippen LogP contribution is -2.51. The number of hydrogen-bond acceptors (Lipinski definition) is 6. The third-order valence-corrected chi connectivity index (χ3v) is 6.19. The molecule has 0 fully saturated rings. The van der Waals surface area contributed by atoms with E-state index in [1.54, 1.807) is 50.4 Å². The highest BCUT2D eigenvalue weighted by Gasteiger charge is 2.35. The molecule has 2 aromatic carbocycles. The predicted molar refractivity (Wildman–Crippen MR) is 109 cm³/mol. The van der Waals surface area contributed by atoms with Gasteiger partial charge >= 0.3 is 0 Å². The van der Waals surface area contributed by atoms with Crippen LogP contribution in [0.25, 0.3) is 0 Å². The number of para-hydroxylation sites is 2. The Kier molecular flexibility index (Phi) is 6.48. The number of fused-ring (bicyclic) bond motifs is 1. The molecule has 156 valence electrons. The highest BCUT2D eigenvalue weighted by molar-refractivity contribution is 7.92. The Bertz CT molecular complexity index is 963. The Labute approximate surface area is 170 Å². The molecule has 29 heavy (non-hydrogen) atoms. The van der Waals surface area contributed by atoms with Crippen LogP contribution in [0.3, 0.4) is 0 Å². The zero-order chi connectivity index (χ0) is 20.9. The summed E-state index contributed by atoms with van der Waals surface area (Å²) in [6.07, 6.45) is -0.942. The molecule has 0 bridgehead atoms. The Morgan fingerprint density at radius 2 is 1.97 bits per heavy atom. The van der Waals surface area contributed by atoms with E-state index >= 15 is 0 Å². The summed E-state index contributed by atoms with van der Waals surface area (Å²) >= 11 is 0. The molecule has 1 atom stereocenters. The number of sulfonamides is 1. The first-order chi connectivity index (χ1) is 13.9. The Morgan fingerprint density at radius 3 is 2.72 bits per heavy atom. The maximum atomic E-state index is 12.5. The molecule has 1 aliphatic rings. The van der Waals surface area contributed by atoms with Gasteiger partial charge in [-0.15, -0.1) is 0 Å². The molecule has 0 spiro atoms. The molecule has 1 aliphatic heterocycles. The van der Waals surface area contributed by atoms with Gasteiger partial charge in [-0.3, -0.25) is 9.10 Å². The average molecular weight is 420 g/mol. The van der Waals surface area contributed by atoms with Crippen LogP contribution in [0.2, 0.25) is 0 Å². The molecular formula is C20H24N2O6S. The van der Waals surface area contributed by atoms with Gasteiger partial charge in [0.15, 0.2) is 6.10 Å². The Morgan fingerprint density at radius 1 is 1.21 bits per heavy atom. The number of carbonyl (C=O) groups is 1. The minimum atomic E-state index is -3.53. The van der Waals surface area contributed by atoms with Gasteiger partial charge in [-0.05, 0) is 31.2 Å². The van der Waals surface area contributed by atoms with Crippen molar-refractivity contribution in [1.29, 1.82) is 0 Å². The monoisotopic (exact) mass is 420 g/mol. The van der Waals surface area contributed by atoms with Crippen LogP contribution in [0.1, 0.15) is 6.92 Å². The summed E-state index contributed by atoms with van der Waals surface area (Å²) in [5.74, 6) is 1.21. The highest BCUT2D eigenvalue weighted by atomic mass is 32.2. The van der Waals surface area contributed by atoms with E-state index < -0.39 is 22.0 Å². The average Bonchev–Trinajstić information content (AvgIpc) is 2.75. The van der Waals surface area contributed by atoms with E-state index in [2.05, 4.69) is 5.32 Å². The van der Waals surface area contributed by atoms with Gasteiger partial charge in [-0.1, -0.05) is 18.2 Å². The van der Waals surface area contributed by atoms with Crippen molar-refractivity contribution in [3.63, 3.8) is 0 Å². The number of nitrogens with one attached hydrogen (secondary N) is 1. The van der Waals surface area contributed by atoms with Crippen molar-refractivity contribution in [2.24, 2.45) is 0 Å². The molecule has 0 saturated heterocycles. The lowest BCUT2D eigenvalue weighted by atomic mass is 10.2. The SMILES string of the molecule is CCS(=O)(=O)N1C[C@@H](C(=O)NCCOc2cccc(OC)c2)Oc2ccccc21. The van der Waals surface area contributed by atoms with Crippen molar-refractivity contribution in [2.45, 2.75) is 13.0 Å². The van der Waals surface area contributed by atoms with Gasteiger partial charge in [-0.25, -0.2) is 8.42 Å². The molecule has 1 amide bonds. The summed E-state index contributed by atoms with van der Waals surface area (Å²) in [5.41, 5.74) is 0.444. The summed E-state index contributed by atoms with van der Waals surface area (Å²) in [4.78, 5) is 12.5. The molecule has 2 aromatic rings. The van der Waals surface area contributed by atoms with Crippen molar-refractivity contribution in [3.8, 4) is 17.2 Å². The van der Waals surface area contributed by atoms with Gasteiger partial charge in [0, 0.05) is 6.07 Å². The fourth-order valence-corrected chi connectivity index (χ4v) is 4.03. The van der Waals surface area contributed by atoms with E-state index in [1.165, 1.54) is 4.31 Å². The van der Waals surface area contributed by atoms with Crippen molar-refractivity contribution in [1.82, 2.24) is 5.32 Å². The van der Waals surface area contributed by atoms with Crippen LogP contribution in [-0.4, -0.2) is 53.0 Å². The Hall–Kier alpha value is -2.94. The zero-order valence-corrected chi connectivity index (χ0v) is 17.1. The van der Waals surface area contributed by atoms with Gasteiger partial charge in [0.2, 0.25) is 10.0 Å². The number of rotatable bonds is 8. The second kappa shape index (κ2) is 9.04. The van der Waals surface area contributed by atoms with Crippen molar-refractivity contribution >= 4 is 21.6 Å². The summed E-state index contributed by atoms with van der Waals surface area (Å²) in [7, 11) is -1.96. The number of carbonyl (C=O) groups excluding carboxylic acids is 1. The quantitative estimate of drug-likeness (QED) is 0.655. The second-order valence-corrected chi connectivity index (χ2v) is 8.51. The lowest BCUT2D eigenvalue weighted by Gasteiger charge is -2.34. The number of methoxy groups -OCH3 is 1. The van der Waals surface area contributed by atoms with E-state index in [1.807, 2.05) is 12.1 Å². The lowest BCUT2D eigenvalue weighted by molar-refractivity contribution is -0.127. The minimum Gasteiger partial charge on any atom is -0.497 e. The van der Waals surface area contributed by atoms with E-state index in [0.717, 1.165) is 0 Å². The molecule has 0 unspecified atom stereocenters. The number of nitrogens with zero attached hydrogens (tertiary/aromatic N) is 1. The predicted octanol–water partition coefficient (Wildman–Crippen LogP) is 1.81. The molecule has 1 N–H and O–H groups in total. The number of amides is 1. The van der Waals surface area contributed by atoms with Crippen LogP contribution in [0.5, 0.6) is 17.2 Å². The number of ether oxygens (including phenoxy) is 3. The molecule has 0 aromatic heterocycles. The summed E-state index contributed by atoms with van der Waals surface area (Å²) < 4.78 is 42.6. The van der Waals surface area contributed by atoms with Gasteiger partial charge < -0.3 is 19.5 Å². The van der Waals surface area contributed by atoms with E-state index in [0.29, 0.717) is 22.9 Å². The van der Waals surface area contributed by atoms with Crippen LogP contribution < -0.4 is 23.8 Å². The number of benzene rings is 2. The smallest absolute Gasteiger partial charge is 0.263 e. The maximum absolute atomic E-state index is 12.5. The van der Waals surface area contributed by atoms with Crippen LogP contribution in [0.4, 0.5) is 5.69 Å². The van der Waals surface area contributed by atoms with Crippen LogP contribution in [-0.2, 0) is 14.8 Å². The third kappa shape index (κ3) is 4.92. The molecule has 9 heteroatoms. The molecule has 0 saturated carbocycles. The molecule has 3 rings (SSSR count). The summed E-state index contributed by atoms with van der Waals surface area (Å²) in [6, 6.07) is 13.9. The van der Waals surface area contributed by atoms with E-state index in [4.69, 9.17) is 14.2 Å². The summed E-state index contributed by atoms with van der Waals surface area (Å²) in [6.45, 7) is 1.99. The first kappa shape index (κ1) is 20.8. The highest BCUT2D eigenvalue weighted by Crippen LogP contribution is 2.35. The normalized spacial score (nSPS) is 15.8. The van der Waals surface area contributed by atoms with Crippen LogP contribution in [0.15, 0.2) is 48.5 Å². The fraction of sp³-hybridized carbons (Fsp3) is 0.350. The topological polar surface area (TPSA) is 94.2 Å². The van der Waals surface area contributed by atoms with Gasteiger partial charge in [0.25, 0.3) is 5.91 Å². The summed E-state index contributed by atoms with van der Waals surface area (Å²) in [5, 5.41) is 2.73. The van der Waals surface area contributed by atoms with Crippen molar-refractivity contribution < 1.29 is 27.4 Å². The number of anilines is 1. The first-order valence-electron chi connectivity index (χ1n) is 9.25. The van der Waals surface area contributed by atoms with Gasteiger partial charge in [-0.2, -0.15) is 0 Å².